The topological polar surface area (TPSA) is 86.6 Å². The highest BCUT2D eigenvalue weighted by atomic mass is 16.5. The van der Waals surface area contributed by atoms with Crippen molar-refractivity contribution in [2.24, 2.45) is 0 Å². The van der Waals surface area contributed by atoms with E-state index >= 15 is 0 Å². The summed E-state index contributed by atoms with van der Waals surface area (Å²) in [5.41, 5.74) is 0. The van der Waals surface area contributed by atoms with E-state index < -0.39 is 12.2 Å². The van der Waals surface area contributed by atoms with Crippen molar-refractivity contribution in [3.63, 3.8) is 0 Å². The summed E-state index contributed by atoms with van der Waals surface area (Å²) < 4.78 is 27.0. The van der Waals surface area contributed by atoms with Crippen LogP contribution in [0.1, 0.15) is 13.8 Å². The lowest BCUT2D eigenvalue weighted by molar-refractivity contribution is -0.0122. The standard InChI is InChI=1S/C22H30O7/c1-16(2)26-13-18(24)15-28-20-6-10-22(11-7-20)29-21-8-4-19(5-9-21)27-14-17(23)12-25-3/h4-11,16-18,23-24H,12-15H2,1-3H3. The van der Waals surface area contributed by atoms with Crippen LogP contribution in [0.5, 0.6) is 23.0 Å². The van der Waals surface area contributed by atoms with E-state index in [4.69, 9.17) is 23.7 Å². The van der Waals surface area contributed by atoms with Crippen LogP contribution in [0, 0.1) is 0 Å². The van der Waals surface area contributed by atoms with Gasteiger partial charge in [0.25, 0.3) is 0 Å². The summed E-state index contributed by atoms with van der Waals surface area (Å²) in [4.78, 5) is 0. The van der Waals surface area contributed by atoms with Crippen molar-refractivity contribution in [1.29, 1.82) is 0 Å². The summed E-state index contributed by atoms with van der Waals surface area (Å²) in [6, 6.07) is 14.2. The number of hydrogen-bond donors (Lipinski definition) is 2. The molecule has 2 unspecified atom stereocenters. The van der Waals surface area contributed by atoms with E-state index in [-0.39, 0.29) is 32.5 Å². The molecule has 2 aromatic carbocycles. The van der Waals surface area contributed by atoms with Gasteiger partial charge in [-0.2, -0.15) is 0 Å². The Morgan fingerprint density at radius 2 is 1.07 bits per heavy atom. The van der Waals surface area contributed by atoms with Crippen LogP contribution >= 0.6 is 0 Å². The maximum absolute atomic E-state index is 9.82. The van der Waals surface area contributed by atoms with Gasteiger partial charge in [0.2, 0.25) is 0 Å². The van der Waals surface area contributed by atoms with Gasteiger partial charge in [-0.3, -0.25) is 0 Å². The molecule has 0 aliphatic carbocycles. The van der Waals surface area contributed by atoms with Crippen LogP contribution in [0.25, 0.3) is 0 Å². The fourth-order valence-corrected chi connectivity index (χ4v) is 2.32. The summed E-state index contributed by atoms with van der Waals surface area (Å²) >= 11 is 0. The zero-order valence-electron chi connectivity index (χ0n) is 17.1. The SMILES string of the molecule is COCC(O)COc1ccc(Oc2ccc(OCC(O)COC(C)C)cc2)cc1. The van der Waals surface area contributed by atoms with Crippen molar-refractivity contribution in [2.75, 3.05) is 33.5 Å². The average molecular weight is 406 g/mol. The van der Waals surface area contributed by atoms with E-state index in [0.29, 0.717) is 23.0 Å². The van der Waals surface area contributed by atoms with Crippen molar-refractivity contribution in [2.45, 2.75) is 32.2 Å². The van der Waals surface area contributed by atoms with Gasteiger partial charge < -0.3 is 33.9 Å². The molecule has 2 aromatic rings. The summed E-state index contributed by atoms with van der Waals surface area (Å²) in [5.74, 6) is 2.59. The zero-order chi connectivity index (χ0) is 21.1. The molecular formula is C22H30O7. The van der Waals surface area contributed by atoms with Gasteiger partial charge in [-0.15, -0.1) is 0 Å². The minimum atomic E-state index is -0.676. The lowest BCUT2D eigenvalue weighted by Gasteiger charge is -2.14. The first-order valence-electron chi connectivity index (χ1n) is 9.56. The maximum Gasteiger partial charge on any atom is 0.127 e. The van der Waals surface area contributed by atoms with Crippen LogP contribution in [0.4, 0.5) is 0 Å². The number of hydrogen-bond acceptors (Lipinski definition) is 7. The quantitative estimate of drug-likeness (QED) is 0.529. The Morgan fingerprint density at radius 1 is 0.655 bits per heavy atom. The molecule has 0 amide bonds. The third kappa shape index (κ3) is 9.15. The fraction of sp³-hybridized carbons (Fsp3) is 0.455. The van der Waals surface area contributed by atoms with E-state index in [1.54, 1.807) is 48.5 Å². The van der Waals surface area contributed by atoms with Crippen molar-refractivity contribution in [1.82, 2.24) is 0 Å². The summed E-state index contributed by atoms with van der Waals surface area (Å²) in [6.07, 6.45) is -1.27. The number of rotatable bonds is 13. The Labute approximate surface area is 171 Å². The molecule has 2 N–H and O–H groups in total. The van der Waals surface area contributed by atoms with E-state index in [1.165, 1.54) is 7.11 Å². The molecule has 0 heterocycles. The minimum Gasteiger partial charge on any atom is -0.491 e. The van der Waals surface area contributed by atoms with Crippen LogP contribution in [-0.4, -0.2) is 62.1 Å². The molecule has 0 aliphatic heterocycles. The van der Waals surface area contributed by atoms with Gasteiger partial charge in [-0.25, -0.2) is 0 Å². The van der Waals surface area contributed by atoms with E-state index in [0.717, 1.165) is 0 Å². The Balaban J connectivity index is 1.77. The van der Waals surface area contributed by atoms with Gasteiger partial charge in [-0.05, 0) is 62.4 Å². The molecule has 0 aliphatic rings. The number of ether oxygens (including phenoxy) is 5. The fourth-order valence-electron chi connectivity index (χ4n) is 2.32. The van der Waals surface area contributed by atoms with Crippen LogP contribution in [0.2, 0.25) is 0 Å². The monoisotopic (exact) mass is 406 g/mol. The Kier molecular flexibility index (Phi) is 9.73. The molecule has 29 heavy (non-hydrogen) atoms. The van der Waals surface area contributed by atoms with Crippen molar-refractivity contribution in [3.05, 3.63) is 48.5 Å². The Hall–Kier alpha value is -2.32. The first-order valence-corrected chi connectivity index (χ1v) is 9.56. The normalized spacial score (nSPS) is 13.2. The third-order valence-corrected chi connectivity index (χ3v) is 3.75. The van der Waals surface area contributed by atoms with Gasteiger partial charge in [-0.1, -0.05) is 0 Å². The van der Waals surface area contributed by atoms with Crippen molar-refractivity contribution < 1.29 is 33.9 Å². The van der Waals surface area contributed by atoms with Crippen LogP contribution < -0.4 is 14.2 Å². The molecule has 0 fully saturated rings. The number of methoxy groups -OCH3 is 1. The van der Waals surface area contributed by atoms with Gasteiger partial charge >= 0.3 is 0 Å². The van der Waals surface area contributed by atoms with E-state index in [2.05, 4.69) is 0 Å². The molecule has 0 saturated heterocycles. The Morgan fingerprint density at radius 3 is 1.48 bits per heavy atom. The first kappa shape index (κ1) is 23.0. The maximum atomic E-state index is 9.82. The molecule has 0 bridgehead atoms. The van der Waals surface area contributed by atoms with Crippen LogP contribution in [0.3, 0.4) is 0 Å². The number of benzene rings is 2. The molecular weight excluding hydrogens is 376 g/mol. The number of aliphatic hydroxyl groups is 2. The Bertz CT molecular complexity index is 685. The molecule has 2 atom stereocenters. The second-order valence-corrected chi connectivity index (χ2v) is 6.81. The average Bonchev–Trinajstić information content (AvgIpc) is 2.71. The highest BCUT2D eigenvalue weighted by molar-refractivity contribution is 5.37. The lowest BCUT2D eigenvalue weighted by atomic mass is 10.3. The van der Waals surface area contributed by atoms with Gasteiger partial charge in [0, 0.05) is 7.11 Å². The molecule has 0 radical (unpaired) electrons. The summed E-state index contributed by atoms with van der Waals surface area (Å²) in [5, 5.41) is 19.4. The molecule has 2 rings (SSSR count). The van der Waals surface area contributed by atoms with Gasteiger partial charge in [0.05, 0.1) is 19.3 Å². The van der Waals surface area contributed by atoms with Gasteiger partial charge in [0.1, 0.15) is 48.4 Å². The number of aliphatic hydroxyl groups excluding tert-OH is 2. The second kappa shape index (κ2) is 12.3. The minimum absolute atomic E-state index is 0.0731. The van der Waals surface area contributed by atoms with Gasteiger partial charge in [0.15, 0.2) is 0 Å². The zero-order valence-corrected chi connectivity index (χ0v) is 17.1. The van der Waals surface area contributed by atoms with Crippen molar-refractivity contribution in [3.8, 4) is 23.0 Å². The molecule has 7 heteroatoms. The molecule has 0 spiro atoms. The van der Waals surface area contributed by atoms with Crippen molar-refractivity contribution >= 4 is 0 Å². The highest BCUT2D eigenvalue weighted by Gasteiger charge is 2.08. The lowest BCUT2D eigenvalue weighted by Crippen LogP contribution is -2.25. The molecule has 7 nitrogen and oxygen atoms in total. The highest BCUT2D eigenvalue weighted by Crippen LogP contribution is 2.25. The predicted octanol–water partition coefficient (Wildman–Crippen LogP) is 3.03. The summed E-state index contributed by atoms with van der Waals surface area (Å²) in [6.45, 7) is 4.62. The first-order chi connectivity index (χ1) is 14.0. The summed E-state index contributed by atoms with van der Waals surface area (Å²) in [7, 11) is 1.53. The second-order valence-electron chi connectivity index (χ2n) is 6.81. The molecule has 0 aromatic heterocycles. The third-order valence-electron chi connectivity index (χ3n) is 3.75. The predicted molar refractivity (Wildman–Crippen MR) is 109 cm³/mol. The van der Waals surface area contributed by atoms with Crippen LogP contribution in [-0.2, 0) is 9.47 Å². The largest absolute Gasteiger partial charge is 0.491 e. The smallest absolute Gasteiger partial charge is 0.127 e. The molecule has 160 valence electrons. The van der Waals surface area contributed by atoms with E-state index in [9.17, 15) is 10.2 Å². The van der Waals surface area contributed by atoms with E-state index in [1.807, 2.05) is 13.8 Å². The molecule has 0 saturated carbocycles. The van der Waals surface area contributed by atoms with Crippen LogP contribution in [0.15, 0.2) is 48.5 Å².